The SMILES string of the molecule is COc1cc(NC(=O)CN2CCNCC2c2cccnc2)cc(OC)c1. The molecule has 2 aromatic rings. The molecule has 1 fully saturated rings. The quantitative estimate of drug-likeness (QED) is 0.820. The third-order valence-corrected chi connectivity index (χ3v) is 4.41. The van der Waals surface area contributed by atoms with Crippen molar-refractivity contribution in [2.45, 2.75) is 6.04 Å². The lowest BCUT2D eigenvalue weighted by Gasteiger charge is -2.35. The molecule has 1 aromatic carbocycles. The predicted molar refractivity (Wildman–Crippen MR) is 99.6 cm³/mol. The lowest BCUT2D eigenvalue weighted by molar-refractivity contribution is -0.118. The van der Waals surface area contributed by atoms with E-state index in [1.54, 1.807) is 38.6 Å². The highest BCUT2D eigenvalue weighted by molar-refractivity contribution is 5.92. The molecule has 0 spiro atoms. The number of piperazine rings is 1. The summed E-state index contributed by atoms with van der Waals surface area (Å²) in [5.41, 5.74) is 1.76. The lowest BCUT2D eigenvalue weighted by atomic mass is 10.1. The summed E-state index contributed by atoms with van der Waals surface area (Å²) in [6.45, 7) is 2.76. The zero-order valence-corrected chi connectivity index (χ0v) is 15.1. The number of pyridine rings is 1. The Bertz CT molecular complexity index is 717. The first-order chi connectivity index (χ1) is 12.7. The Hall–Kier alpha value is -2.64. The maximum Gasteiger partial charge on any atom is 0.238 e. The van der Waals surface area contributed by atoms with E-state index in [0.717, 1.165) is 25.2 Å². The van der Waals surface area contributed by atoms with Gasteiger partial charge in [-0.15, -0.1) is 0 Å². The summed E-state index contributed by atoms with van der Waals surface area (Å²) in [6, 6.07) is 9.41. The van der Waals surface area contributed by atoms with Gasteiger partial charge in [0, 0.05) is 62.0 Å². The molecule has 1 aliphatic rings. The van der Waals surface area contributed by atoms with E-state index in [9.17, 15) is 4.79 Å². The Kier molecular flexibility index (Phi) is 6.04. The molecule has 7 nitrogen and oxygen atoms in total. The highest BCUT2D eigenvalue weighted by atomic mass is 16.5. The number of nitrogens with zero attached hydrogens (tertiary/aromatic N) is 2. The monoisotopic (exact) mass is 356 g/mol. The topological polar surface area (TPSA) is 75.7 Å². The average molecular weight is 356 g/mol. The first-order valence-electron chi connectivity index (χ1n) is 8.57. The van der Waals surface area contributed by atoms with Crippen LogP contribution in [0.3, 0.4) is 0 Å². The van der Waals surface area contributed by atoms with Crippen LogP contribution in [-0.2, 0) is 4.79 Å². The Morgan fingerprint density at radius 1 is 1.31 bits per heavy atom. The molecule has 1 saturated heterocycles. The maximum absolute atomic E-state index is 12.6. The summed E-state index contributed by atoms with van der Waals surface area (Å²) in [5, 5.41) is 6.32. The molecule has 138 valence electrons. The molecule has 1 unspecified atom stereocenters. The molecule has 0 saturated carbocycles. The van der Waals surface area contributed by atoms with Gasteiger partial charge >= 0.3 is 0 Å². The van der Waals surface area contributed by atoms with E-state index in [1.807, 2.05) is 18.3 Å². The van der Waals surface area contributed by atoms with Gasteiger partial charge in [0.25, 0.3) is 0 Å². The average Bonchev–Trinajstić information content (AvgIpc) is 2.68. The fourth-order valence-corrected chi connectivity index (χ4v) is 3.10. The smallest absolute Gasteiger partial charge is 0.238 e. The van der Waals surface area contributed by atoms with Crippen molar-refractivity contribution < 1.29 is 14.3 Å². The molecule has 2 N–H and O–H groups in total. The van der Waals surface area contributed by atoms with Crippen molar-refractivity contribution in [3.63, 3.8) is 0 Å². The highest BCUT2D eigenvalue weighted by Gasteiger charge is 2.25. The van der Waals surface area contributed by atoms with Gasteiger partial charge in [0.2, 0.25) is 5.91 Å². The van der Waals surface area contributed by atoms with Crippen LogP contribution >= 0.6 is 0 Å². The van der Waals surface area contributed by atoms with Gasteiger partial charge in [0.1, 0.15) is 11.5 Å². The number of carbonyl (C=O) groups excluding carboxylic acids is 1. The van der Waals surface area contributed by atoms with Crippen LogP contribution in [0.25, 0.3) is 0 Å². The van der Waals surface area contributed by atoms with E-state index >= 15 is 0 Å². The molecule has 1 aromatic heterocycles. The number of hydrogen-bond acceptors (Lipinski definition) is 6. The Morgan fingerprint density at radius 2 is 2.08 bits per heavy atom. The molecule has 1 amide bonds. The molecule has 0 bridgehead atoms. The second-order valence-corrected chi connectivity index (χ2v) is 6.13. The van der Waals surface area contributed by atoms with E-state index < -0.39 is 0 Å². The number of anilines is 1. The number of ether oxygens (including phenoxy) is 2. The first kappa shape index (κ1) is 18.2. The fraction of sp³-hybridized carbons (Fsp3) is 0.368. The van der Waals surface area contributed by atoms with Crippen LogP contribution in [0.2, 0.25) is 0 Å². The number of nitrogens with one attached hydrogen (secondary N) is 2. The van der Waals surface area contributed by atoms with Crippen LogP contribution in [0, 0.1) is 0 Å². The van der Waals surface area contributed by atoms with Gasteiger partial charge in [-0.3, -0.25) is 14.7 Å². The van der Waals surface area contributed by atoms with Crippen LogP contribution in [0.4, 0.5) is 5.69 Å². The van der Waals surface area contributed by atoms with Gasteiger partial charge < -0.3 is 20.1 Å². The number of methoxy groups -OCH3 is 2. The predicted octanol–water partition coefficient (Wildman–Crippen LogP) is 1.68. The largest absolute Gasteiger partial charge is 0.497 e. The number of rotatable bonds is 6. The fourth-order valence-electron chi connectivity index (χ4n) is 3.10. The first-order valence-corrected chi connectivity index (χ1v) is 8.57. The summed E-state index contributed by atoms with van der Waals surface area (Å²) in [6.07, 6.45) is 3.61. The van der Waals surface area contributed by atoms with Crippen molar-refractivity contribution in [1.82, 2.24) is 15.2 Å². The Balaban J connectivity index is 1.68. The molecule has 26 heavy (non-hydrogen) atoms. The Labute approximate surface area is 153 Å². The van der Waals surface area contributed by atoms with E-state index in [-0.39, 0.29) is 11.9 Å². The summed E-state index contributed by atoms with van der Waals surface area (Å²) in [5.74, 6) is 1.20. The Morgan fingerprint density at radius 3 is 2.73 bits per heavy atom. The number of aromatic nitrogens is 1. The van der Waals surface area contributed by atoms with Crippen molar-refractivity contribution in [3.05, 3.63) is 48.3 Å². The maximum atomic E-state index is 12.6. The van der Waals surface area contributed by atoms with E-state index in [2.05, 4.69) is 20.5 Å². The second kappa shape index (κ2) is 8.64. The molecule has 2 heterocycles. The minimum Gasteiger partial charge on any atom is -0.497 e. The van der Waals surface area contributed by atoms with Crippen LogP contribution in [0.5, 0.6) is 11.5 Å². The summed E-state index contributed by atoms with van der Waals surface area (Å²) in [4.78, 5) is 18.9. The number of amides is 1. The lowest BCUT2D eigenvalue weighted by Crippen LogP contribution is -2.48. The zero-order chi connectivity index (χ0) is 18.4. The number of hydrogen-bond donors (Lipinski definition) is 2. The van der Waals surface area contributed by atoms with Crippen molar-refractivity contribution in [3.8, 4) is 11.5 Å². The standard InChI is InChI=1S/C19H24N4O3/c1-25-16-8-15(9-17(10-16)26-2)22-19(24)13-23-7-6-21-12-18(23)14-4-3-5-20-11-14/h3-5,8-11,18,21H,6-7,12-13H2,1-2H3,(H,22,24). The van der Waals surface area contributed by atoms with E-state index in [4.69, 9.17) is 9.47 Å². The minimum atomic E-state index is -0.0731. The minimum absolute atomic E-state index is 0.0731. The molecular weight excluding hydrogens is 332 g/mol. The van der Waals surface area contributed by atoms with Gasteiger partial charge in [-0.25, -0.2) is 0 Å². The molecule has 3 rings (SSSR count). The van der Waals surface area contributed by atoms with Crippen molar-refractivity contribution >= 4 is 11.6 Å². The van der Waals surface area contributed by atoms with Gasteiger partial charge in [-0.05, 0) is 11.6 Å². The zero-order valence-electron chi connectivity index (χ0n) is 15.1. The second-order valence-electron chi connectivity index (χ2n) is 6.13. The van der Waals surface area contributed by atoms with E-state index in [0.29, 0.717) is 23.7 Å². The van der Waals surface area contributed by atoms with Crippen LogP contribution < -0.4 is 20.1 Å². The molecule has 1 aliphatic heterocycles. The molecule has 7 heteroatoms. The van der Waals surface area contributed by atoms with Crippen molar-refractivity contribution in [2.75, 3.05) is 45.7 Å². The van der Waals surface area contributed by atoms with Crippen molar-refractivity contribution in [2.24, 2.45) is 0 Å². The molecule has 0 radical (unpaired) electrons. The third-order valence-electron chi connectivity index (χ3n) is 4.41. The molecule has 0 aliphatic carbocycles. The highest BCUT2D eigenvalue weighted by Crippen LogP contribution is 2.26. The van der Waals surface area contributed by atoms with Crippen molar-refractivity contribution in [1.29, 1.82) is 0 Å². The van der Waals surface area contributed by atoms with Crippen LogP contribution in [0.15, 0.2) is 42.7 Å². The summed E-state index contributed by atoms with van der Waals surface area (Å²) < 4.78 is 10.5. The van der Waals surface area contributed by atoms with Gasteiger partial charge in [0.15, 0.2) is 0 Å². The van der Waals surface area contributed by atoms with E-state index in [1.165, 1.54) is 0 Å². The van der Waals surface area contributed by atoms with Crippen LogP contribution in [-0.4, -0.2) is 56.2 Å². The van der Waals surface area contributed by atoms with Gasteiger partial charge in [-0.2, -0.15) is 0 Å². The molecular formula is C19H24N4O3. The number of carbonyl (C=O) groups is 1. The summed E-state index contributed by atoms with van der Waals surface area (Å²) in [7, 11) is 3.17. The van der Waals surface area contributed by atoms with Crippen LogP contribution in [0.1, 0.15) is 11.6 Å². The number of benzene rings is 1. The van der Waals surface area contributed by atoms with Gasteiger partial charge in [0.05, 0.1) is 20.8 Å². The molecule has 1 atom stereocenters. The normalized spacial score (nSPS) is 17.5. The third kappa shape index (κ3) is 4.50. The summed E-state index contributed by atoms with van der Waals surface area (Å²) >= 11 is 0. The van der Waals surface area contributed by atoms with Gasteiger partial charge in [-0.1, -0.05) is 6.07 Å².